The van der Waals surface area contributed by atoms with Crippen LogP contribution in [0.4, 0.5) is 11.4 Å². The lowest BCUT2D eigenvalue weighted by Gasteiger charge is -2.25. The molecule has 0 radical (unpaired) electrons. The van der Waals surface area contributed by atoms with E-state index >= 15 is 0 Å². The summed E-state index contributed by atoms with van der Waals surface area (Å²) < 4.78 is 0. The van der Waals surface area contributed by atoms with E-state index in [4.69, 9.17) is 0 Å². The molecule has 0 atom stereocenters. The number of anilines is 1. The summed E-state index contributed by atoms with van der Waals surface area (Å²) in [5.74, 6) is -0.120. The van der Waals surface area contributed by atoms with Crippen molar-refractivity contribution >= 4 is 17.3 Å². The lowest BCUT2D eigenvalue weighted by Crippen LogP contribution is -2.36. The fourth-order valence-electron chi connectivity index (χ4n) is 2.40. The molecule has 1 amide bonds. The minimum Gasteiger partial charge on any atom is -0.325 e. The van der Waals surface area contributed by atoms with Gasteiger partial charge in [-0.25, -0.2) is 0 Å². The molecule has 0 unspecified atom stereocenters. The molecule has 1 saturated heterocycles. The van der Waals surface area contributed by atoms with Crippen molar-refractivity contribution in [2.24, 2.45) is 0 Å². The van der Waals surface area contributed by atoms with Crippen molar-refractivity contribution in [2.45, 2.75) is 26.2 Å². The molecule has 1 fully saturated rings. The van der Waals surface area contributed by atoms with E-state index in [0.717, 1.165) is 25.9 Å². The molecule has 0 spiro atoms. The summed E-state index contributed by atoms with van der Waals surface area (Å²) in [6.07, 6.45) is 3.48. The summed E-state index contributed by atoms with van der Waals surface area (Å²) in [6.45, 7) is 3.92. The summed E-state index contributed by atoms with van der Waals surface area (Å²) in [6, 6.07) is 4.74. The quantitative estimate of drug-likeness (QED) is 0.677. The monoisotopic (exact) mass is 277 g/mol. The number of nitrogens with one attached hydrogen (secondary N) is 1. The SMILES string of the molecule is Cc1ccc(NC(=O)CN2CCCCC2)cc1[N+](=O)[O-]. The number of amides is 1. The first-order chi connectivity index (χ1) is 9.56. The highest BCUT2D eigenvalue weighted by Gasteiger charge is 2.15. The van der Waals surface area contributed by atoms with Crippen LogP contribution in [0.15, 0.2) is 18.2 Å². The lowest BCUT2D eigenvalue weighted by molar-refractivity contribution is -0.385. The van der Waals surface area contributed by atoms with Gasteiger partial charge in [0.05, 0.1) is 11.5 Å². The maximum Gasteiger partial charge on any atom is 0.274 e. The molecule has 1 N–H and O–H groups in total. The number of rotatable bonds is 4. The third-order valence-electron chi connectivity index (χ3n) is 3.51. The van der Waals surface area contributed by atoms with Gasteiger partial charge < -0.3 is 5.32 Å². The highest BCUT2D eigenvalue weighted by atomic mass is 16.6. The topological polar surface area (TPSA) is 75.5 Å². The largest absolute Gasteiger partial charge is 0.325 e. The maximum absolute atomic E-state index is 11.9. The van der Waals surface area contributed by atoms with Gasteiger partial charge in [0.15, 0.2) is 0 Å². The second kappa shape index (κ2) is 6.47. The number of nitrogens with zero attached hydrogens (tertiary/aromatic N) is 2. The van der Waals surface area contributed by atoms with Gasteiger partial charge in [-0.1, -0.05) is 12.5 Å². The fourth-order valence-corrected chi connectivity index (χ4v) is 2.40. The number of carbonyl (C=O) groups excluding carboxylic acids is 1. The van der Waals surface area contributed by atoms with Crippen molar-refractivity contribution < 1.29 is 9.72 Å². The molecule has 6 heteroatoms. The van der Waals surface area contributed by atoms with E-state index in [2.05, 4.69) is 10.2 Å². The van der Waals surface area contributed by atoms with Crippen molar-refractivity contribution in [3.63, 3.8) is 0 Å². The van der Waals surface area contributed by atoms with Gasteiger partial charge in [0.2, 0.25) is 5.91 Å². The Morgan fingerprint density at radius 2 is 2.05 bits per heavy atom. The molecule has 6 nitrogen and oxygen atoms in total. The number of nitro groups is 1. The zero-order valence-corrected chi connectivity index (χ0v) is 11.6. The number of hydrogen-bond donors (Lipinski definition) is 1. The normalized spacial score (nSPS) is 15.8. The number of carbonyl (C=O) groups is 1. The summed E-state index contributed by atoms with van der Waals surface area (Å²) in [7, 11) is 0. The Labute approximate surface area is 117 Å². The Bertz CT molecular complexity index is 510. The first kappa shape index (κ1) is 14.5. The van der Waals surface area contributed by atoms with Crippen LogP contribution < -0.4 is 5.32 Å². The zero-order chi connectivity index (χ0) is 14.5. The predicted molar refractivity (Wildman–Crippen MR) is 76.8 cm³/mol. The van der Waals surface area contributed by atoms with Crippen molar-refractivity contribution in [3.05, 3.63) is 33.9 Å². The molecule has 0 aromatic heterocycles. The van der Waals surface area contributed by atoms with Gasteiger partial charge in [-0.3, -0.25) is 19.8 Å². The number of benzene rings is 1. The first-order valence-electron chi connectivity index (χ1n) is 6.83. The zero-order valence-electron chi connectivity index (χ0n) is 11.6. The van der Waals surface area contributed by atoms with E-state index in [1.165, 1.54) is 12.5 Å². The highest BCUT2D eigenvalue weighted by Crippen LogP contribution is 2.22. The number of piperidine rings is 1. The van der Waals surface area contributed by atoms with Crippen molar-refractivity contribution in [1.29, 1.82) is 0 Å². The Balaban J connectivity index is 1.96. The molecule has 0 saturated carbocycles. The molecule has 2 rings (SSSR count). The third kappa shape index (κ3) is 3.77. The van der Waals surface area contributed by atoms with Crippen LogP contribution in [0.5, 0.6) is 0 Å². The average molecular weight is 277 g/mol. The Morgan fingerprint density at radius 3 is 2.70 bits per heavy atom. The molecule has 108 valence electrons. The van der Waals surface area contributed by atoms with Crippen LogP contribution in [-0.4, -0.2) is 35.4 Å². The molecule has 1 aliphatic heterocycles. The number of aryl methyl sites for hydroxylation is 1. The van der Waals surface area contributed by atoms with Gasteiger partial charge in [-0.15, -0.1) is 0 Å². The second-order valence-corrected chi connectivity index (χ2v) is 5.14. The Hall–Kier alpha value is -1.95. The molecule has 0 bridgehead atoms. The van der Waals surface area contributed by atoms with E-state index < -0.39 is 4.92 Å². The standard InChI is InChI=1S/C14H19N3O3/c1-11-5-6-12(9-13(11)17(19)20)15-14(18)10-16-7-3-2-4-8-16/h5-6,9H,2-4,7-8,10H2,1H3,(H,15,18). The van der Waals surface area contributed by atoms with Crippen LogP contribution in [0, 0.1) is 17.0 Å². The minimum atomic E-state index is -0.435. The number of nitro benzene ring substituents is 1. The minimum absolute atomic E-state index is 0.0285. The number of likely N-dealkylation sites (tertiary alicyclic amines) is 1. The Kier molecular flexibility index (Phi) is 4.68. The van der Waals surface area contributed by atoms with Gasteiger partial charge in [0, 0.05) is 17.3 Å². The van der Waals surface area contributed by atoms with Crippen LogP contribution in [0.2, 0.25) is 0 Å². The molecule has 1 aromatic carbocycles. The van der Waals surface area contributed by atoms with Gasteiger partial charge >= 0.3 is 0 Å². The molecule has 1 heterocycles. The van der Waals surface area contributed by atoms with E-state index in [1.54, 1.807) is 19.1 Å². The second-order valence-electron chi connectivity index (χ2n) is 5.14. The summed E-state index contributed by atoms with van der Waals surface area (Å²) in [5, 5.41) is 13.6. The summed E-state index contributed by atoms with van der Waals surface area (Å²) in [4.78, 5) is 24.5. The lowest BCUT2D eigenvalue weighted by atomic mass is 10.1. The van der Waals surface area contributed by atoms with Gasteiger partial charge in [-0.2, -0.15) is 0 Å². The molecule has 1 aliphatic rings. The fraction of sp³-hybridized carbons (Fsp3) is 0.500. The van der Waals surface area contributed by atoms with E-state index in [0.29, 0.717) is 17.8 Å². The van der Waals surface area contributed by atoms with Crippen LogP contribution in [0.3, 0.4) is 0 Å². The predicted octanol–water partition coefficient (Wildman–Crippen LogP) is 2.33. The highest BCUT2D eigenvalue weighted by molar-refractivity contribution is 5.92. The van der Waals surface area contributed by atoms with Gasteiger partial charge in [0.1, 0.15) is 0 Å². The van der Waals surface area contributed by atoms with Gasteiger partial charge in [-0.05, 0) is 38.9 Å². The molecule has 20 heavy (non-hydrogen) atoms. The summed E-state index contributed by atoms with van der Waals surface area (Å²) >= 11 is 0. The number of hydrogen-bond acceptors (Lipinski definition) is 4. The average Bonchev–Trinajstić information content (AvgIpc) is 2.41. The molecular weight excluding hydrogens is 258 g/mol. The van der Waals surface area contributed by atoms with Crippen molar-refractivity contribution in [3.8, 4) is 0 Å². The smallest absolute Gasteiger partial charge is 0.274 e. The van der Waals surface area contributed by atoms with Crippen LogP contribution in [0.25, 0.3) is 0 Å². The summed E-state index contributed by atoms with van der Waals surface area (Å²) in [5.41, 5.74) is 1.09. The first-order valence-corrected chi connectivity index (χ1v) is 6.83. The maximum atomic E-state index is 11.9. The molecule has 1 aromatic rings. The Morgan fingerprint density at radius 1 is 1.35 bits per heavy atom. The molecule has 0 aliphatic carbocycles. The van der Waals surface area contributed by atoms with Crippen molar-refractivity contribution in [2.75, 3.05) is 25.0 Å². The molecular formula is C14H19N3O3. The van der Waals surface area contributed by atoms with Crippen LogP contribution in [0.1, 0.15) is 24.8 Å². The third-order valence-corrected chi connectivity index (χ3v) is 3.51. The van der Waals surface area contributed by atoms with Crippen LogP contribution >= 0.6 is 0 Å². The van der Waals surface area contributed by atoms with E-state index in [9.17, 15) is 14.9 Å². The van der Waals surface area contributed by atoms with E-state index in [-0.39, 0.29) is 11.6 Å². The van der Waals surface area contributed by atoms with E-state index in [1.807, 2.05) is 0 Å². The van der Waals surface area contributed by atoms with Gasteiger partial charge in [0.25, 0.3) is 5.69 Å². The van der Waals surface area contributed by atoms with Crippen LogP contribution in [-0.2, 0) is 4.79 Å². The van der Waals surface area contributed by atoms with Crippen molar-refractivity contribution in [1.82, 2.24) is 4.90 Å².